The molecular formula is C9H20ClNO. The van der Waals surface area contributed by atoms with E-state index in [-0.39, 0.29) is 24.6 Å². The highest BCUT2D eigenvalue weighted by molar-refractivity contribution is 5.85. The van der Waals surface area contributed by atoms with Gasteiger partial charge in [0.05, 0.1) is 6.61 Å². The molecule has 3 heteroatoms. The van der Waals surface area contributed by atoms with Gasteiger partial charge in [-0.2, -0.15) is 0 Å². The highest BCUT2D eigenvalue weighted by atomic mass is 35.5. The third-order valence-electron chi connectivity index (χ3n) is 2.85. The molecule has 1 saturated carbocycles. The first-order valence-electron chi connectivity index (χ1n) is 4.27. The minimum absolute atomic E-state index is 0. The van der Waals surface area contributed by atoms with E-state index in [1.165, 1.54) is 0 Å². The topological polar surface area (TPSA) is 46.2 Å². The molecule has 0 aromatic rings. The van der Waals surface area contributed by atoms with Crippen molar-refractivity contribution in [3.05, 3.63) is 0 Å². The maximum atomic E-state index is 8.90. The molecule has 12 heavy (non-hydrogen) atoms. The van der Waals surface area contributed by atoms with E-state index in [0.717, 1.165) is 12.8 Å². The number of halogens is 1. The summed E-state index contributed by atoms with van der Waals surface area (Å²) in [5.74, 6) is 0.694. The van der Waals surface area contributed by atoms with Crippen molar-refractivity contribution >= 4 is 12.4 Å². The Morgan fingerprint density at radius 3 is 2.08 bits per heavy atom. The van der Waals surface area contributed by atoms with Crippen molar-refractivity contribution in [2.75, 3.05) is 6.61 Å². The van der Waals surface area contributed by atoms with E-state index in [2.05, 4.69) is 20.8 Å². The van der Waals surface area contributed by atoms with Crippen molar-refractivity contribution in [2.24, 2.45) is 17.1 Å². The van der Waals surface area contributed by atoms with Crippen LogP contribution in [0.1, 0.15) is 33.6 Å². The van der Waals surface area contributed by atoms with Gasteiger partial charge in [-0.15, -0.1) is 12.4 Å². The van der Waals surface area contributed by atoms with Crippen molar-refractivity contribution in [2.45, 2.75) is 39.2 Å². The van der Waals surface area contributed by atoms with Crippen molar-refractivity contribution in [3.8, 4) is 0 Å². The fourth-order valence-corrected chi connectivity index (χ4v) is 1.66. The minimum atomic E-state index is -0.252. The van der Waals surface area contributed by atoms with Crippen LogP contribution < -0.4 is 5.73 Å². The third-order valence-corrected chi connectivity index (χ3v) is 2.85. The molecule has 0 heterocycles. The second kappa shape index (κ2) is 3.52. The largest absolute Gasteiger partial charge is 0.394 e. The summed E-state index contributed by atoms with van der Waals surface area (Å²) in [5.41, 5.74) is 5.95. The molecule has 0 saturated heterocycles. The summed E-state index contributed by atoms with van der Waals surface area (Å²) in [6.07, 6.45) is 1.96. The fraction of sp³-hybridized carbons (Fsp3) is 1.00. The molecule has 0 amide bonds. The molecule has 0 spiro atoms. The fourth-order valence-electron chi connectivity index (χ4n) is 1.66. The quantitative estimate of drug-likeness (QED) is 0.664. The van der Waals surface area contributed by atoms with Crippen LogP contribution in [0.2, 0.25) is 0 Å². The molecule has 0 aromatic heterocycles. The first-order chi connectivity index (χ1) is 4.87. The number of aliphatic hydroxyl groups excluding tert-OH is 1. The number of hydrogen-bond donors (Lipinski definition) is 2. The van der Waals surface area contributed by atoms with E-state index in [4.69, 9.17) is 10.8 Å². The van der Waals surface area contributed by atoms with Gasteiger partial charge in [-0.1, -0.05) is 20.8 Å². The lowest BCUT2D eigenvalue weighted by molar-refractivity contribution is 0.0132. The first kappa shape index (κ1) is 12.2. The lowest BCUT2D eigenvalue weighted by atomic mass is 9.59. The Kier molecular flexibility index (Phi) is 3.59. The average molecular weight is 194 g/mol. The van der Waals surface area contributed by atoms with E-state index in [1.807, 2.05) is 0 Å². The number of rotatable bonds is 1. The zero-order valence-electron chi connectivity index (χ0n) is 8.13. The summed E-state index contributed by atoms with van der Waals surface area (Å²) in [4.78, 5) is 0. The lowest BCUT2D eigenvalue weighted by Crippen LogP contribution is -2.57. The van der Waals surface area contributed by atoms with Gasteiger partial charge in [0.2, 0.25) is 0 Å². The molecule has 0 radical (unpaired) electrons. The molecule has 0 atom stereocenters. The Morgan fingerprint density at radius 2 is 1.83 bits per heavy atom. The van der Waals surface area contributed by atoms with Gasteiger partial charge in [0.1, 0.15) is 0 Å². The molecule has 1 fully saturated rings. The van der Waals surface area contributed by atoms with Gasteiger partial charge in [-0.3, -0.25) is 0 Å². The second-order valence-corrected chi connectivity index (χ2v) is 4.99. The van der Waals surface area contributed by atoms with Crippen LogP contribution in [-0.2, 0) is 0 Å². The second-order valence-electron chi connectivity index (χ2n) is 4.99. The Hall–Kier alpha value is 0.210. The molecule has 3 N–H and O–H groups in total. The third kappa shape index (κ3) is 2.35. The molecule has 2 nitrogen and oxygen atoms in total. The predicted octanol–water partition coefficient (Wildman–Crippen LogP) is 1.55. The van der Waals surface area contributed by atoms with Crippen molar-refractivity contribution < 1.29 is 5.11 Å². The molecule has 1 aliphatic rings. The number of aliphatic hydroxyl groups is 1. The van der Waals surface area contributed by atoms with E-state index in [1.54, 1.807) is 0 Å². The summed E-state index contributed by atoms with van der Waals surface area (Å²) in [6.45, 7) is 6.83. The molecule has 0 unspecified atom stereocenters. The van der Waals surface area contributed by atoms with E-state index in [9.17, 15) is 0 Å². The van der Waals surface area contributed by atoms with Gasteiger partial charge in [0.15, 0.2) is 0 Å². The maximum absolute atomic E-state index is 8.90. The van der Waals surface area contributed by atoms with Crippen LogP contribution >= 0.6 is 12.4 Å². The van der Waals surface area contributed by atoms with E-state index < -0.39 is 0 Å². The zero-order valence-corrected chi connectivity index (χ0v) is 8.95. The highest BCUT2D eigenvalue weighted by Gasteiger charge is 2.45. The molecular weight excluding hydrogens is 174 g/mol. The van der Waals surface area contributed by atoms with Crippen LogP contribution in [0.25, 0.3) is 0 Å². The van der Waals surface area contributed by atoms with Crippen LogP contribution in [-0.4, -0.2) is 17.3 Å². The van der Waals surface area contributed by atoms with Crippen molar-refractivity contribution in [3.63, 3.8) is 0 Å². The number of hydrogen-bond acceptors (Lipinski definition) is 2. The smallest absolute Gasteiger partial charge is 0.0611 e. The van der Waals surface area contributed by atoms with Gasteiger partial charge >= 0.3 is 0 Å². The van der Waals surface area contributed by atoms with Crippen molar-refractivity contribution in [1.29, 1.82) is 0 Å². The van der Waals surface area contributed by atoms with Crippen LogP contribution in [0.15, 0.2) is 0 Å². The normalized spacial score (nSPS) is 35.2. The summed E-state index contributed by atoms with van der Waals surface area (Å²) in [5, 5.41) is 8.90. The number of nitrogens with two attached hydrogens (primary N) is 1. The molecule has 74 valence electrons. The molecule has 0 aromatic carbocycles. The van der Waals surface area contributed by atoms with Gasteiger partial charge in [-0.05, 0) is 24.2 Å². The van der Waals surface area contributed by atoms with E-state index in [0.29, 0.717) is 11.3 Å². The van der Waals surface area contributed by atoms with Crippen LogP contribution in [0.3, 0.4) is 0 Å². The van der Waals surface area contributed by atoms with Crippen LogP contribution in [0.5, 0.6) is 0 Å². The van der Waals surface area contributed by atoms with Crippen molar-refractivity contribution in [1.82, 2.24) is 0 Å². The Morgan fingerprint density at radius 1 is 1.42 bits per heavy atom. The molecule has 1 aliphatic carbocycles. The average Bonchev–Trinajstić information content (AvgIpc) is 1.78. The minimum Gasteiger partial charge on any atom is -0.394 e. The monoisotopic (exact) mass is 193 g/mol. The van der Waals surface area contributed by atoms with Gasteiger partial charge < -0.3 is 10.8 Å². The summed E-state index contributed by atoms with van der Waals surface area (Å²) in [7, 11) is 0. The Labute approximate surface area is 80.9 Å². The lowest BCUT2D eigenvalue weighted by Gasteiger charge is -2.49. The zero-order chi connectivity index (χ0) is 8.70. The molecule has 0 aliphatic heterocycles. The summed E-state index contributed by atoms with van der Waals surface area (Å²) < 4.78 is 0. The summed E-state index contributed by atoms with van der Waals surface area (Å²) >= 11 is 0. The first-order valence-corrected chi connectivity index (χ1v) is 4.27. The van der Waals surface area contributed by atoms with Gasteiger partial charge in [0, 0.05) is 5.54 Å². The predicted molar refractivity (Wildman–Crippen MR) is 53.4 cm³/mol. The van der Waals surface area contributed by atoms with Gasteiger partial charge in [-0.25, -0.2) is 0 Å². The van der Waals surface area contributed by atoms with Crippen LogP contribution in [0.4, 0.5) is 0 Å². The maximum Gasteiger partial charge on any atom is 0.0611 e. The SMILES string of the molecule is CC(C)(C)C1CC(N)(CO)C1.Cl. The molecule has 1 rings (SSSR count). The van der Waals surface area contributed by atoms with E-state index >= 15 is 0 Å². The van der Waals surface area contributed by atoms with Gasteiger partial charge in [0.25, 0.3) is 0 Å². The Bertz CT molecular complexity index is 147. The van der Waals surface area contributed by atoms with Crippen LogP contribution in [0, 0.1) is 11.3 Å². The molecule has 0 bridgehead atoms. The Balaban J connectivity index is 0.00000121. The highest BCUT2D eigenvalue weighted by Crippen LogP contribution is 2.45. The summed E-state index contributed by atoms with van der Waals surface area (Å²) in [6, 6.07) is 0. The standard InChI is InChI=1S/C9H19NO.ClH/c1-8(2,3)7-4-9(10,5-7)6-11;/h7,11H,4-6,10H2,1-3H3;1H.